The van der Waals surface area contributed by atoms with Gasteiger partial charge in [0.05, 0.1) is 6.54 Å². The molecule has 2 aliphatic heterocycles. The fourth-order valence-electron chi connectivity index (χ4n) is 4.86. The number of likely N-dealkylation sites (tertiary alicyclic amines) is 1. The third kappa shape index (κ3) is 6.12. The zero-order valence-electron chi connectivity index (χ0n) is 20.0. The van der Waals surface area contributed by atoms with Gasteiger partial charge in [0.1, 0.15) is 23.5 Å². The van der Waals surface area contributed by atoms with Crippen LogP contribution in [-0.2, 0) is 9.53 Å². The molecule has 2 amide bonds. The van der Waals surface area contributed by atoms with Gasteiger partial charge in [0, 0.05) is 43.7 Å². The highest BCUT2D eigenvalue weighted by Gasteiger charge is 2.44. The molecule has 2 heterocycles. The number of hydrogen-bond donors (Lipinski definition) is 0. The maximum absolute atomic E-state index is 13.6. The molecule has 182 valence electrons. The summed E-state index contributed by atoms with van der Waals surface area (Å²) in [5.74, 6) is 0.629. The molecule has 33 heavy (non-hydrogen) atoms. The SMILES string of the molecule is CC(C)(C)OC(=O)N1C[C@@H](Oc2cccc(Cl)c2)C[C@@H]1C(=O)N1CCCN(C2CCC2)CC1. The fraction of sp³-hybridized carbons (Fsp3) is 0.680. The van der Waals surface area contributed by atoms with Gasteiger partial charge in [-0.3, -0.25) is 14.6 Å². The van der Waals surface area contributed by atoms with Crippen LogP contribution in [0.3, 0.4) is 0 Å². The van der Waals surface area contributed by atoms with Crippen molar-refractivity contribution >= 4 is 23.6 Å². The van der Waals surface area contributed by atoms with Gasteiger partial charge in [0.15, 0.2) is 0 Å². The lowest BCUT2D eigenvalue weighted by Crippen LogP contribution is -2.50. The summed E-state index contributed by atoms with van der Waals surface area (Å²) in [6, 6.07) is 7.29. The van der Waals surface area contributed by atoms with Crippen LogP contribution in [-0.4, -0.2) is 83.2 Å². The van der Waals surface area contributed by atoms with E-state index in [1.165, 1.54) is 19.3 Å². The van der Waals surface area contributed by atoms with Gasteiger partial charge in [-0.05, 0) is 58.2 Å². The third-order valence-corrected chi connectivity index (χ3v) is 6.94. The molecule has 0 radical (unpaired) electrons. The quantitative estimate of drug-likeness (QED) is 0.650. The van der Waals surface area contributed by atoms with Gasteiger partial charge in [-0.2, -0.15) is 0 Å². The lowest BCUT2D eigenvalue weighted by molar-refractivity contribution is -0.135. The Hall–Kier alpha value is -1.99. The fourth-order valence-corrected chi connectivity index (χ4v) is 5.04. The number of amides is 2. The molecule has 0 aromatic heterocycles. The van der Waals surface area contributed by atoms with E-state index >= 15 is 0 Å². The monoisotopic (exact) mass is 477 g/mol. The molecule has 2 atom stereocenters. The van der Waals surface area contributed by atoms with E-state index in [1.54, 1.807) is 17.0 Å². The second kappa shape index (κ2) is 10.1. The van der Waals surface area contributed by atoms with E-state index in [1.807, 2.05) is 37.8 Å². The summed E-state index contributed by atoms with van der Waals surface area (Å²) in [6.07, 6.45) is 4.48. The molecule has 1 saturated carbocycles. The Kier molecular flexibility index (Phi) is 7.39. The number of rotatable bonds is 4. The second-order valence-electron chi connectivity index (χ2n) is 10.4. The average Bonchev–Trinajstić information content (AvgIpc) is 2.96. The molecule has 8 heteroatoms. The molecule has 2 saturated heterocycles. The van der Waals surface area contributed by atoms with Crippen molar-refractivity contribution in [2.45, 2.75) is 76.7 Å². The maximum atomic E-state index is 13.6. The van der Waals surface area contributed by atoms with Crippen molar-refractivity contribution in [1.82, 2.24) is 14.7 Å². The van der Waals surface area contributed by atoms with Crippen molar-refractivity contribution in [2.75, 3.05) is 32.7 Å². The van der Waals surface area contributed by atoms with E-state index < -0.39 is 17.7 Å². The molecule has 4 rings (SSSR count). The van der Waals surface area contributed by atoms with Crippen LogP contribution in [0.1, 0.15) is 52.9 Å². The van der Waals surface area contributed by atoms with E-state index in [4.69, 9.17) is 21.1 Å². The largest absolute Gasteiger partial charge is 0.488 e. The second-order valence-corrected chi connectivity index (χ2v) is 10.8. The summed E-state index contributed by atoms with van der Waals surface area (Å²) in [5, 5.41) is 0.586. The molecular formula is C25H36ClN3O4. The first kappa shape index (κ1) is 24.1. The van der Waals surface area contributed by atoms with E-state index in [9.17, 15) is 9.59 Å². The smallest absolute Gasteiger partial charge is 0.411 e. The zero-order valence-corrected chi connectivity index (χ0v) is 20.7. The Balaban J connectivity index is 1.46. The molecule has 3 fully saturated rings. The Morgan fingerprint density at radius 3 is 2.52 bits per heavy atom. The number of ether oxygens (including phenoxy) is 2. The standard InChI is InChI=1S/C25H36ClN3O4/c1-25(2,3)33-24(31)29-17-21(32-20-10-4-7-18(26)15-20)16-22(29)23(30)28-12-6-11-27(13-14-28)19-8-5-9-19/h4,7,10,15,19,21-22H,5-6,8-9,11-14,16-17H2,1-3H3/t21-,22+/m0/s1. The van der Waals surface area contributed by atoms with Crippen molar-refractivity contribution in [3.05, 3.63) is 29.3 Å². The predicted molar refractivity (Wildman–Crippen MR) is 128 cm³/mol. The first-order valence-corrected chi connectivity index (χ1v) is 12.5. The molecule has 3 aliphatic rings. The van der Waals surface area contributed by atoms with Gasteiger partial charge >= 0.3 is 6.09 Å². The lowest BCUT2D eigenvalue weighted by atomic mass is 9.91. The van der Waals surface area contributed by atoms with Crippen molar-refractivity contribution in [2.24, 2.45) is 0 Å². The van der Waals surface area contributed by atoms with Gasteiger partial charge in [-0.25, -0.2) is 4.79 Å². The molecule has 0 bridgehead atoms. The highest BCUT2D eigenvalue weighted by Crippen LogP contribution is 2.29. The van der Waals surface area contributed by atoms with Crippen molar-refractivity contribution in [1.29, 1.82) is 0 Å². The van der Waals surface area contributed by atoms with Crippen LogP contribution in [0.15, 0.2) is 24.3 Å². The van der Waals surface area contributed by atoms with Crippen LogP contribution >= 0.6 is 11.6 Å². The number of benzene rings is 1. The maximum Gasteiger partial charge on any atom is 0.411 e. The van der Waals surface area contributed by atoms with Crippen molar-refractivity contribution < 1.29 is 19.1 Å². The number of halogens is 1. The van der Waals surface area contributed by atoms with E-state index in [2.05, 4.69) is 4.90 Å². The molecule has 1 aliphatic carbocycles. The van der Waals surface area contributed by atoms with Crippen LogP contribution in [0.4, 0.5) is 4.79 Å². The van der Waals surface area contributed by atoms with Gasteiger partial charge in [0.25, 0.3) is 0 Å². The topological polar surface area (TPSA) is 62.3 Å². The van der Waals surface area contributed by atoms with Crippen LogP contribution in [0.25, 0.3) is 0 Å². The Morgan fingerprint density at radius 2 is 1.85 bits per heavy atom. The minimum Gasteiger partial charge on any atom is -0.488 e. The molecule has 1 aromatic rings. The molecule has 0 spiro atoms. The summed E-state index contributed by atoms with van der Waals surface area (Å²) < 4.78 is 11.8. The van der Waals surface area contributed by atoms with Crippen molar-refractivity contribution in [3.63, 3.8) is 0 Å². The van der Waals surface area contributed by atoms with Gasteiger partial charge in [-0.15, -0.1) is 0 Å². The first-order valence-electron chi connectivity index (χ1n) is 12.1. The normalized spacial score (nSPS) is 24.8. The first-order chi connectivity index (χ1) is 15.7. The predicted octanol–water partition coefficient (Wildman–Crippen LogP) is 4.18. The van der Waals surface area contributed by atoms with Gasteiger partial charge in [-0.1, -0.05) is 24.1 Å². The van der Waals surface area contributed by atoms with Crippen LogP contribution in [0, 0.1) is 0 Å². The van der Waals surface area contributed by atoms with E-state index in [-0.39, 0.29) is 12.0 Å². The zero-order chi connectivity index (χ0) is 23.6. The van der Waals surface area contributed by atoms with Gasteiger partial charge in [0.2, 0.25) is 5.91 Å². The Labute approximate surface area is 201 Å². The summed E-state index contributed by atoms with van der Waals surface area (Å²) in [6.45, 7) is 9.17. The highest BCUT2D eigenvalue weighted by molar-refractivity contribution is 6.30. The van der Waals surface area contributed by atoms with Crippen LogP contribution in [0.5, 0.6) is 5.75 Å². The summed E-state index contributed by atoms with van der Waals surface area (Å²) in [5.41, 5.74) is -0.636. The summed E-state index contributed by atoms with van der Waals surface area (Å²) in [7, 11) is 0. The minimum absolute atomic E-state index is 0.00601. The number of carbonyl (C=O) groups is 2. The molecule has 0 N–H and O–H groups in total. The highest BCUT2D eigenvalue weighted by atomic mass is 35.5. The molecule has 0 unspecified atom stereocenters. The van der Waals surface area contributed by atoms with E-state index in [0.29, 0.717) is 36.3 Å². The third-order valence-electron chi connectivity index (χ3n) is 6.71. The van der Waals surface area contributed by atoms with Gasteiger partial charge < -0.3 is 14.4 Å². The lowest BCUT2D eigenvalue weighted by Gasteiger charge is -2.37. The molecule has 1 aromatic carbocycles. The Bertz CT molecular complexity index is 854. The Morgan fingerprint density at radius 1 is 1.06 bits per heavy atom. The molecular weight excluding hydrogens is 442 g/mol. The number of carbonyl (C=O) groups excluding carboxylic acids is 2. The van der Waals surface area contributed by atoms with Crippen molar-refractivity contribution in [3.8, 4) is 5.75 Å². The summed E-state index contributed by atoms with van der Waals surface area (Å²) in [4.78, 5) is 32.7. The van der Waals surface area contributed by atoms with E-state index in [0.717, 1.165) is 26.1 Å². The molecule has 7 nitrogen and oxygen atoms in total. The van der Waals surface area contributed by atoms with Crippen LogP contribution in [0.2, 0.25) is 5.02 Å². The average molecular weight is 478 g/mol. The number of nitrogens with zero attached hydrogens (tertiary/aromatic N) is 3. The minimum atomic E-state index is -0.636. The summed E-state index contributed by atoms with van der Waals surface area (Å²) >= 11 is 6.10. The number of hydrogen-bond acceptors (Lipinski definition) is 5. The van der Waals surface area contributed by atoms with Crippen LogP contribution < -0.4 is 4.74 Å².